The Kier molecular flexibility index (Phi) is 6.54. The predicted octanol–water partition coefficient (Wildman–Crippen LogP) is 2.43. The van der Waals surface area contributed by atoms with Gasteiger partial charge in [-0.15, -0.1) is 0 Å². The van der Waals surface area contributed by atoms with Crippen LogP contribution in [0.15, 0.2) is 18.2 Å². The molecule has 0 unspecified atom stereocenters. The molecule has 1 aromatic carbocycles. The van der Waals surface area contributed by atoms with Gasteiger partial charge < -0.3 is 15.3 Å². The summed E-state index contributed by atoms with van der Waals surface area (Å²) < 4.78 is 13.5. The zero-order chi connectivity index (χ0) is 15.0. The van der Waals surface area contributed by atoms with Crippen LogP contribution in [0.25, 0.3) is 0 Å². The number of hydrogen-bond acceptors (Lipinski definition) is 2. The number of nitrogens with one attached hydrogen (secondary N) is 1. The van der Waals surface area contributed by atoms with E-state index in [1.807, 2.05) is 13.8 Å². The SMILES string of the molecule is CCN(CC)C(=O)Nc1ccc(F)c(C#CCCO)c1. The maximum absolute atomic E-state index is 13.5. The second-order valence-electron chi connectivity index (χ2n) is 4.07. The van der Waals surface area contributed by atoms with Crippen molar-refractivity contribution in [2.45, 2.75) is 20.3 Å². The van der Waals surface area contributed by atoms with Gasteiger partial charge in [-0.1, -0.05) is 11.8 Å². The van der Waals surface area contributed by atoms with Crippen molar-refractivity contribution in [3.05, 3.63) is 29.6 Å². The van der Waals surface area contributed by atoms with Crippen LogP contribution in [0.3, 0.4) is 0 Å². The molecule has 1 aromatic rings. The maximum atomic E-state index is 13.5. The molecule has 0 saturated carbocycles. The van der Waals surface area contributed by atoms with Gasteiger partial charge >= 0.3 is 6.03 Å². The molecule has 108 valence electrons. The van der Waals surface area contributed by atoms with Crippen molar-refractivity contribution in [3.63, 3.8) is 0 Å². The highest BCUT2D eigenvalue weighted by Gasteiger charge is 2.10. The number of rotatable bonds is 4. The summed E-state index contributed by atoms with van der Waals surface area (Å²) >= 11 is 0. The lowest BCUT2D eigenvalue weighted by Crippen LogP contribution is -2.34. The third kappa shape index (κ3) is 4.56. The van der Waals surface area contributed by atoms with Gasteiger partial charge in [-0.05, 0) is 32.0 Å². The molecular formula is C15H19FN2O2. The molecule has 2 N–H and O–H groups in total. The summed E-state index contributed by atoms with van der Waals surface area (Å²) in [5.74, 6) is 4.84. The molecule has 0 atom stereocenters. The molecule has 0 heterocycles. The fourth-order valence-electron chi connectivity index (χ4n) is 1.63. The van der Waals surface area contributed by atoms with Gasteiger partial charge in [0.15, 0.2) is 0 Å². The Balaban J connectivity index is 2.85. The molecule has 1 rings (SSSR count). The van der Waals surface area contributed by atoms with E-state index in [1.165, 1.54) is 18.2 Å². The van der Waals surface area contributed by atoms with Crippen LogP contribution in [0.1, 0.15) is 25.8 Å². The number of carbonyl (C=O) groups excluding carboxylic acids is 1. The molecular weight excluding hydrogens is 259 g/mol. The van der Waals surface area contributed by atoms with E-state index in [-0.39, 0.29) is 24.6 Å². The minimum Gasteiger partial charge on any atom is -0.395 e. The van der Waals surface area contributed by atoms with Crippen LogP contribution in [-0.2, 0) is 0 Å². The highest BCUT2D eigenvalue weighted by Crippen LogP contribution is 2.14. The monoisotopic (exact) mass is 278 g/mol. The number of aliphatic hydroxyl groups is 1. The molecule has 0 aromatic heterocycles. The second-order valence-corrected chi connectivity index (χ2v) is 4.07. The quantitative estimate of drug-likeness (QED) is 0.831. The van der Waals surface area contributed by atoms with E-state index in [0.29, 0.717) is 18.8 Å². The second kappa shape index (κ2) is 8.18. The number of amides is 2. The molecule has 20 heavy (non-hydrogen) atoms. The first-order chi connectivity index (χ1) is 9.62. The van der Waals surface area contributed by atoms with Crippen molar-refractivity contribution in [1.82, 2.24) is 4.90 Å². The fourth-order valence-corrected chi connectivity index (χ4v) is 1.63. The zero-order valence-corrected chi connectivity index (χ0v) is 11.7. The van der Waals surface area contributed by atoms with Crippen molar-refractivity contribution in [2.24, 2.45) is 0 Å². The minimum absolute atomic E-state index is 0.0625. The van der Waals surface area contributed by atoms with Crippen LogP contribution in [0, 0.1) is 17.7 Å². The third-order valence-corrected chi connectivity index (χ3v) is 2.73. The van der Waals surface area contributed by atoms with E-state index in [4.69, 9.17) is 5.11 Å². The zero-order valence-electron chi connectivity index (χ0n) is 11.7. The highest BCUT2D eigenvalue weighted by atomic mass is 19.1. The number of aliphatic hydroxyl groups excluding tert-OH is 1. The fraction of sp³-hybridized carbons (Fsp3) is 0.400. The number of carbonyl (C=O) groups is 1. The van der Waals surface area contributed by atoms with E-state index < -0.39 is 5.82 Å². The van der Waals surface area contributed by atoms with Gasteiger partial charge in [0, 0.05) is 25.2 Å². The van der Waals surface area contributed by atoms with E-state index in [1.54, 1.807) is 4.90 Å². The Morgan fingerprint density at radius 1 is 1.40 bits per heavy atom. The number of hydrogen-bond donors (Lipinski definition) is 2. The smallest absolute Gasteiger partial charge is 0.321 e. The Hall–Kier alpha value is -2.06. The molecule has 0 bridgehead atoms. The summed E-state index contributed by atoms with van der Waals surface area (Å²) in [5.41, 5.74) is 0.701. The van der Waals surface area contributed by atoms with E-state index in [9.17, 15) is 9.18 Å². The summed E-state index contributed by atoms with van der Waals surface area (Å²) in [6.07, 6.45) is 0.287. The molecule has 0 spiro atoms. The van der Waals surface area contributed by atoms with E-state index in [2.05, 4.69) is 17.2 Å². The largest absolute Gasteiger partial charge is 0.395 e. The Morgan fingerprint density at radius 3 is 2.70 bits per heavy atom. The van der Waals surface area contributed by atoms with Crippen LogP contribution in [0.2, 0.25) is 0 Å². The Morgan fingerprint density at radius 2 is 2.10 bits per heavy atom. The number of urea groups is 1. The normalized spacial score (nSPS) is 9.60. The molecule has 5 heteroatoms. The predicted molar refractivity (Wildman–Crippen MR) is 76.9 cm³/mol. The molecule has 0 saturated heterocycles. The Labute approximate surface area is 118 Å². The minimum atomic E-state index is -0.448. The van der Waals surface area contributed by atoms with Gasteiger partial charge in [-0.25, -0.2) is 9.18 Å². The lowest BCUT2D eigenvalue weighted by molar-refractivity contribution is 0.217. The van der Waals surface area contributed by atoms with Crippen molar-refractivity contribution in [2.75, 3.05) is 25.0 Å². The van der Waals surface area contributed by atoms with Crippen LogP contribution in [0.4, 0.5) is 14.9 Å². The topological polar surface area (TPSA) is 52.6 Å². The van der Waals surface area contributed by atoms with Gasteiger partial charge in [0.2, 0.25) is 0 Å². The van der Waals surface area contributed by atoms with Gasteiger partial charge in [0.05, 0.1) is 12.2 Å². The molecule has 0 aliphatic rings. The van der Waals surface area contributed by atoms with Crippen molar-refractivity contribution in [1.29, 1.82) is 0 Å². The standard InChI is InChI=1S/C15H19FN2O2/c1-3-18(4-2)15(20)17-13-8-9-14(16)12(11-13)7-5-6-10-19/h8-9,11,19H,3-4,6,10H2,1-2H3,(H,17,20). The summed E-state index contributed by atoms with van der Waals surface area (Å²) in [6.45, 7) is 4.92. The number of anilines is 1. The van der Waals surface area contributed by atoms with Gasteiger partial charge in [-0.2, -0.15) is 0 Å². The van der Waals surface area contributed by atoms with Crippen LogP contribution < -0.4 is 5.32 Å². The molecule has 4 nitrogen and oxygen atoms in total. The summed E-state index contributed by atoms with van der Waals surface area (Å²) in [4.78, 5) is 13.5. The van der Waals surface area contributed by atoms with Crippen LogP contribution >= 0.6 is 0 Å². The first-order valence-electron chi connectivity index (χ1n) is 6.57. The summed E-state index contributed by atoms with van der Waals surface area (Å²) in [6, 6.07) is 4.02. The average molecular weight is 278 g/mol. The van der Waals surface area contributed by atoms with Crippen LogP contribution in [0.5, 0.6) is 0 Å². The molecule has 0 aliphatic carbocycles. The van der Waals surface area contributed by atoms with Gasteiger partial charge in [-0.3, -0.25) is 0 Å². The third-order valence-electron chi connectivity index (χ3n) is 2.73. The molecule has 0 radical (unpaired) electrons. The number of halogens is 1. The summed E-state index contributed by atoms with van der Waals surface area (Å²) in [5, 5.41) is 11.3. The number of nitrogens with zero attached hydrogens (tertiary/aromatic N) is 1. The highest BCUT2D eigenvalue weighted by molar-refractivity contribution is 5.89. The molecule has 0 aliphatic heterocycles. The first-order valence-corrected chi connectivity index (χ1v) is 6.57. The molecule has 0 fully saturated rings. The van der Waals surface area contributed by atoms with Crippen LogP contribution in [-0.4, -0.2) is 35.7 Å². The van der Waals surface area contributed by atoms with E-state index >= 15 is 0 Å². The average Bonchev–Trinajstić information content (AvgIpc) is 2.44. The maximum Gasteiger partial charge on any atom is 0.321 e. The summed E-state index contributed by atoms with van der Waals surface area (Å²) in [7, 11) is 0. The van der Waals surface area contributed by atoms with Gasteiger partial charge in [0.1, 0.15) is 5.82 Å². The Bertz CT molecular complexity index is 516. The first kappa shape index (κ1) is 16.0. The van der Waals surface area contributed by atoms with Crippen molar-refractivity contribution >= 4 is 11.7 Å². The molecule has 2 amide bonds. The van der Waals surface area contributed by atoms with E-state index in [0.717, 1.165) is 0 Å². The van der Waals surface area contributed by atoms with Gasteiger partial charge in [0.25, 0.3) is 0 Å². The van der Waals surface area contributed by atoms with Crippen molar-refractivity contribution < 1.29 is 14.3 Å². The van der Waals surface area contributed by atoms with Crippen molar-refractivity contribution in [3.8, 4) is 11.8 Å². The lowest BCUT2D eigenvalue weighted by atomic mass is 10.2. The number of benzene rings is 1. The lowest BCUT2D eigenvalue weighted by Gasteiger charge is -2.19.